The molecule has 1 atom stereocenters. The molecule has 0 amide bonds. The van der Waals surface area contributed by atoms with Crippen molar-refractivity contribution in [1.29, 1.82) is 0 Å². The van der Waals surface area contributed by atoms with Crippen LogP contribution in [0.5, 0.6) is 0 Å². The Morgan fingerprint density at radius 2 is 0.642 bits per heavy atom. The number of aliphatic hydroxyl groups excluding tert-OH is 1. The quantitative estimate of drug-likeness (QED) is 0.0382. The van der Waals surface area contributed by atoms with E-state index in [1.165, 1.54) is 231 Å². The van der Waals surface area contributed by atoms with E-state index < -0.39 is 24.5 Å². The second-order valence-corrected chi connectivity index (χ2v) is 16.0. The van der Waals surface area contributed by atoms with E-state index in [1.807, 2.05) is 12.2 Å². The predicted octanol–water partition coefficient (Wildman–Crippen LogP) is 15.7. The Bertz CT molecular complexity index is 806. The van der Waals surface area contributed by atoms with Gasteiger partial charge in [0.05, 0.1) is 18.9 Å². The molecule has 0 saturated heterocycles. The number of carbonyl (C=O) groups is 2. The van der Waals surface area contributed by atoms with Gasteiger partial charge in [-0.2, -0.15) is 0 Å². The molecule has 0 bridgehead atoms. The second-order valence-electron chi connectivity index (χ2n) is 16.0. The third-order valence-corrected chi connectivity index (χ3v) is 10.7. The van der Waals surface area contributed by atoms with Gasteiger partial charge in [-0.05, 0) is 37.8 Å². The molecule has 0 aromatic heterocycles. The number of ether oxygens (including phenoxy) is 2. The summed E-state index contributed by atoms with van der Waals surface area (Å²) in [6, 6.07) is 0. The van der Waals surface area contributed by atoms with Crippen molar-refractivity contribution in [2.45, 2.75) is 270 Å². The van der Waals surface area contributed by atoms with Crippen molar-refractivity contribution in [3.8, 4) is 0 Å². The average molecular weight is 747 g/mol. The van der Waals surface area contributed by atoms with Gasteiger partial charge >= 0.3 is 11.9 Å². The van der Waals surface area contributed by atoms with Crippen LogP contribution in [0.2, 0.25) is 0 Å². The molecule has 0 saturated carbocycles. The molecule has 0 spiro atoms. The fourth-order valence-electron chi connectivity index (χ4n) is 7.07. The standard InChI is InChI=1S/C48H90O5/c1-3-5-7-9-11-13-15-17-19-21-23-25-27-29-31-33-35-37-39-41-43-52-47(50)45-46(49)48(51)53-44-42-40-38-36-34-32-30-28-26-24-22-20-18-16-14-12-10-8-6-4-2/h41-44,46,49H,3-40,45H2,1-2H3/b43-41+,44-42+. The van der Waals surface area contributed by atoms with Gasteiger partial charge in [0.15, 0.2) is 6.10 Å². The second kappa shape index (κ2) is 44.8. The molecule has 0 fully saturated rings. The lowest BCUT2D eigenvalue weighted by Gasteiger charge is -2.06. The summed E-state index contributed by atoms with van der Waals surface area (Å²) in [6.45, 7) is 4.56. The zero-order chi connectivity index (χ0) is 38.6. The van der Waals surface area contributed by atoms with E-state index in [2.05, 4.69) is 13.8 Å². The lowest BCUT2D eigenvalue weighted by Crippen LogP contribution is -2.25. The van der Waals surface area contributed by atoms with Crippen LogP contribution in [0.3, 0.4) is 0 Å². The van der Waals surface area contributed by atoms with Crippen LogP contribution in [0.15, 0.2) is 24.7 Å². The first-order valence-corrected chi connectivity index (χ1v) is 23.5. The summed E-state index contributed by atoms with van der Waals surface area (Å²) in [4.78, 5) is 24.0. The third-order valence-electron chi connectivity index (χ3n) is 10.7. The lowest BCUT2D eigenvalue weighted by atomic mass is 10.0. The fourth-order valence-corrected chi connectivity index (χ4v) is 7.07. The van der Waals surface area contributed by atoms with Gasteiger partial charge in [-0.1, -0.05) is 232 Å². The number of esters is 2. The van der Waals surface area contributed by atoms with Crippen LogP contribution in [0.25, 0.3) is 0 Å². The summed E-state index contributed by atoms with van der Waals surface area (Å²) in [6.07, 6.45) is 55.1. The molecule has 0 aliphatic heterocycles. The predicted molar refractivity (Wildman–Crippen MR) is 228 cm³/mol. The van der Waals surface area contributed by atoms with E-state index in [0.717, 1.165) is 25.7 Å². The molecule has 0 aliphatic carbocycles. The topological polar surface area (TPSA) is 72.8 Å². The smallest absolute Gasteiger partial charge is 0.340 e. The van der Waals surface area contributed by atoms with E-state index in [4.69, 9.17) is 9.47 Å². The van der Waals surface area contributed by atoms with Crippen LogP contribution in [0.1, 0.15) is 264 Å². The lowest BCUT2D eigenvalue weighted by molar-refractivity contribution is -0.153. The Morgan fingerprint density at radius 1 is 0.396 bits per heavy atom. The number of hydrogen-bond acceptors (Lipinski definition) is 5. The first-order chi connectivity index (χ1) is 26.1. The van der Waals surface area contributed by atoms with Crippen molar-refractivity contribution in [3.05, 3.63) is 24.7 Å². The van der Waals surface area contributed by atoms with Gasteiger partial charge in [0.25, 0.3) is 0 Å². The molecule has 5 heteroatoms. The normalized spacial score (nSPS) is 12.3. The molecule has 0 aromatic carbocycles. The van der Waals surface area contributed by atoms with E-state index in [1.54, 1.807) is 0 Å². The first-order valence-electron chi connectivity index (χ1n) is 23.5. The van der Waals surface area contributed by atoms with Crippen LogP contribution >= 0.6 is 0 Å². The van der Waals surface area contributed by atoms with E-state index in [9.17, 15) is 14.7 Å². The van der Waals surface area contributed by atoms with Gasteiger partial charge in [-0.15, -0.1) is 0 Å². The van der Waals surface area contributed by atoms with Gasteiger partial charge in [0.1, 0.15) is 0 Å². The molecule has 312 valence electrons. The largest absolute Gasteiger partial charge is 0.435 e. The van der Waals surface area contributed by atoms with Crippen molar-refractivity contribution in [2.24, 2.45) is 0 Å². The van der Waals surface area contributed by atoms with Gasteiger partial charge in [-0.3, -0.25) is 4.79 Å². The number of aliphatic hydroxyl groups is 1. The summed E-state index contributed by atoms with van der Waals surface area (Å²) in [7, 11) is 0. The average Bonchev–Trinajstić information content (AvgIpc) is 3.15. The summed E-state index contributed by atoms with van der Waals surface area (Å²) in [5, 5.41) is 9.99. The summed E-state index contributed by atoms with van der Waals surface area (Å²) in [5.74, 6) is -1.45. The highest BCUT2D eigenvalue weighted by Crippen LogP contribution is 2.16. The zero-order valence-corrected chi connectivity index (χ0v) is 35.5. The maximum atomic E-state index is 12.0. The Morgan fingerprint density at radius 3 is 0.925 bits per heavy atom. The van der Waals surface area contributed by atoms with Crippen LogP contribution in [0, 0.1) is 0 Å². The first kappa shape index (κ1) is 51.4. The molecule has 1 N–H and O–H groups in total. The highest BCUT2D eigenvalue weighted by molar-refractivity contribution is 5.82. The molecule has 0 heterocycles. The number of rotatable bonds is 43. The third kappa shape index (κ3) is 43.0. The minimum absolute atomic E-state index is 0.407. The Kier molecular flexibility index (Phi) is 43.4. The Labute approximate surface area is 330 Å². The molecule has 53 heavy (non-hydrogen) atoms. The number of allylic oxidation sites excluding steroid dienone is 2. The molecule has 0 radical (unpaired) electrons. The highest BCUT2D eigenvalue weighted by Gasteiger charge is 2.20. The zero-order valence-electron chi connectivity index (χ0n) is 35.5. The number of unbranched alkanes of at least 4 members (excludes halogenated alkanes) is 36. The van der Waals surface area contributed by atoms with Crippen molar-refractivity contribution in [2.75, 3.05) is 0 Å². The van der Waals surface area contributed by atoms with Crippen LogP contribution in [0.4, 0.5) is 0 Å². The molecule has 1 unspecified atom stereocenters. The fraction of sp³-hybridized carbons (Fsp3) is 0.875. The van der Waals surface area contributed by atoms with Gasteiger partial charge in [-0.25, -0.2) is 4.79 Å². The van der Waals surface area contributed by atoms with E-state index in [-0.39, 0.29) is 0 Å². The number of carbonyl (C=O) groups excluding carboxylic acids is 2. The van der Waals surface area contributed by atoms with Crippen molar-refractivity contribution in [1.82, 2.24) is 0 Å². The number of hydrogen-bond donors (Lipinski definition) is 1. The maximum Gasteiger partial charge on any atom is 0.340 e. The van der Waals surface area contributed by atoms with Gasteiger partial charge in [0, 0.05) is 0 Å². The molecular weight excluding hydrogens is 657 g/mol. The minimum atomic E-state index is -1.51. The van der Waals surface area contributed by atoms with Crippen LogP contribution in [-0.4, -0.2) is 23.1 Å². The Hall–Kier alpha value is -1.62. The van der Waals surface area contributed by atoms with E-state index >= 15 is 0 Å². The molecule has 5 nitrogen and oxygen atoms in total. The molecule has 0 rings (SSSR count). The molecule has 0 aromatic rings. The van der Waals surface area contributed by atoms with Crippen molar-refractivity contribution in [3.63, 3.8) is 0 Å². The minimum Gasteiger partial charge on any atom is -0.435 e. The SMILES string of the molecule is CCCCCCCCCCCCCCCCCCCC/C=C/OC(=O)CC(O)C(=O)O/C=C/CCCCCCCCCCCCCCCCCCCC. The summed E-state index contributed by atoms with van der Waals surface area (Å²) < 4.78 is 10.0. The van der Waals surface area contributed by atoms with Crippen molar-refractivity contribution < 1.29 is 24.2 Å². The summed E-state index contributed by atoms with van der Waals surface area (Å²) >= 11 is 0. The monoisotopic (exact) mass is 747 g/mol. The van der Waals surface area contributed by atoms with Crippen LogP contribution < -0.4 is 0 Å². The van der Waals surface area contributed by atoms with Gasteiger partial charge in [0.2, 0.25) is 0 Å². The highest BCUT2D eigenvalue weighted by atomic mass is 16.5. The molecular formula is C48H90O5. The van der Waals surface area contributed by atoms with Crippen molar-refractivity contribution >= 4 is 11.9 Å². The van der Waals surface area contributed by atoms with Crippen LogP contribution in [-0.2, 0) is 19.1 Å². The molecule has 0 aliphatic rings. The summed E-state index contributed by atoms with van der Waals surface area (Å²) in [5.41, 5.74) is 0. The maximum absolute atomic E-state index is 12.0. The Balaban J connectivity index is 3.45. The van der Waals surface area contributed by atoms with Gasteiger partial charge < -0.3 is 14.6 Å². The van der Waals surface area contributed by atoms with E-state index in [0.29, 0.717) is 0 Å².